The molecule has 0 saturated heterocycles. The fraction of sp³-hybridized carbons (Fsp3) is 0.588. The molecule has 0 radical (unpaired) electrons. The summed E-state index contributed by atoms with van der Waals surface area (Å²) in [6.45, 7) is 2.29. The summed E-state index contributed by atoms with van der Waals surface area (Å²) in [7, 11) is 3.78. The second-order valence-corrected chi connectivity index (χ2v) is 6.30. The van der Waals surface area contributed by atoms with Crippen molar-refractivity contribution in [3.05, 3.63) is 34.3 Å². The van der Waals surface area contributed by atoms with Crippen LogP contribution in [0.1, 0.15) is 50.6 Å². The second kappa shape index (κ2) is 5.34. The van der Waals surface area contributed by atoms with E-state index in [1.54, 1.807) is 11.6 Å². The smallest absolute Gasteiger partial charge is 0.408 e. The van der Waals surface area contributed by atoms with Crippen molar-refractivity contribution < 1.29 is 4.42 Å². The summed E-state index contributed by atoms with van der Waals surface area (Å²) in [6.07, 6.45) is 6.34. The number of hydrogen-bond acceptors (Lipinski definition) is 3. The van der Waals surface area contributed by atoms with Crippen LogP contribution in [0, 0.1) is 5.41 Å². The highest BCUT2D eigenvalue weighted by molar-refractivity contribution is 5.73. The van der Waals surface area contributed by atoms with Gasteiger partial charge >= 0.3 is 5.76 Å². The molecule has 1 atom stereocenters. The van der Waals surface area contributed by atoms with E-state index in [0.717, 1.165) is 5.52 Å². The Morgan fingerprint density at radius 3 is 2.71 bits per heavy atom. The molecule has 1 saturated carbocycles. The van der Waals surface area contributed by atoms with Crippen molar-refractivity contribution in [3.8, 4) is 0 Å². The lowest BCUT2D eigenvalue weighted by atomic mass is 9.73. The van der Waals surface area contributed by atoms with Crippen LogP contribution in [0.15, 0.2) is 27.4 Å². The molecule has 1 aromatic carbocycles. The number of aryl methyl sites for hydroxylation is 1. The van der Waals surface area contributed by atoms with Crippen molar-refractivity contribution in [1.29, 1.82) is 0 Å². The molecule has 0 spiro atoms. The first-order valence-corrected chi connectivity index (χ1v) is 7.88. The van der Waals surface area contributed by atoms with Crippen molar-refractivity contribution in [3.63, 3.8) is 0 Å². The van der Waals surface area contributed by atoms with Gasteiger partial charge in [-0.2, -0.15) is 0 Å². The molecular formula is C17H24N2O2. The highest BCUT2D eigenvalue weighted by Gasteiger charge is 2.39. The molecule has 1 aromatic heterocycles. The monoisotopic (exact) mass is 288 g/mol. The van der Waals surface area contributed by atoms with Crippen LogP contribution < -0.4 is 11.1 Å². The van der Waals surface area contributed by atoms with Crippen LogP contribution in [0.25, 0.3) is 11.1 Å². The zero-order valence-electron chi connectivity index (χ0n) is 13.1. The highest BCUT2D eigenvalue weighted by Crippen LogP contribution is 2.50. The molecule has 21 heavy (non-hydrogen) atoms. The van der Waals surface area contributed by atoms with E-state index in [9.17, 15) is 4.79 Å². The molecule has 4 heteroatoms. The van der Waals surface area contributed by atoms with Gasteiger partial charge in [0.2, 0.25) is 0 Å². The third kappa shape index (κ3) is 2.22. The minimum absolute atomic E-state index is 0.297. The lowest BCUT2D eigenvalue weighted by Crippen LogP contribution is -2.34. The van der Waals surface area contributed by atoms with Gasteiger partial charge in [-0.3, -0.25) is 4.57 Å². The van der Waals surface area contributed by atoms with E-state index in [1.807, 2.05) is 19.2 Å². The van der Waals surface area contributed by atoms with Gasteiger partial charge in [0.1, 0.15) is 0 Å². The third-order valence-electron chi connectivity index (χ3n) is 5.35. The maximum Gasteiger partial charge on any atom is 0.419 e. The summed E-state index contributed by atoms with van der Waals surface area (Å²) in [5, 5.41) is 3.51. The summed E-state index contributed by atoms with van der Waals surface area (Å²) in [6, 6.07) is 6.49. The number of benzene rings is 1. The van der Waals surface area contributed by atoms with Crippen LogP contribution in [-0.2, 0) is 7.05 Å². The van der Waals surface area contributed by atoms with Gasteiger partial charge in [-0.1, -0.05) is 25.8 Å². The van der Waals surface area contributed by atoms with Crippen LogP contribution in [-0.4, -0.2) is 11.6 Å². The second-order valence-electron chi connectivity index (χ2n) is 6.30. The quantitative estimate of drug-likeness (QED) is 0.938. The van der Waals surface area contributed by atoms with E-state index in [4.69, 9.17) is 4.42 Å². The third-order valence-corrected chi connectivity index (χ3v) is 5.35. The SMILES string of the molecule is CCC1(C(NC)c2ccc3c(c2)oc(=O)n3C)CCCC1. The lowest BCUT2D eigenvalue weighted by molar-refractivity contribution is 0.195. The Bertz CT molecular complexity index is 692. The minimum Gasteiger partial charge on any atom is -0.408 e. The van der Waals surface area contributed by atoms with Crippen LogP contribution in [0.3, 0.4) is 0 Å². The molecule has 2 aromatic rings. The van der Waals surface area contributed by atoms with Gasteiger partial charge in [-0.15, -0.1) is 0 Å². The Labute approximate surface area is 125 Å². The standard InChI is InChI=1S/C17H24N2O2/c1-4-17(9-5-6-10-17)15(18-2)12-7-8-13-14(11-12)21-16(20)19(13)3/h7-8,11,15,18H,4-6,9-10H2,1-3H3. The number of nitrogens with one attached hydrogen (secondary N) is 1. The van der Waals surface area contributed by atoms with Crippen LogP contribution in [0.5, 0.6) is 0 Å². The molecule has 114 valence electrons. The average Bonchev–Trinajstić information content (AvgIpc) is 3.07. The zero-order valence-corrected chi connectivity index (χ0v) is 13.1. The van der Waals surface area contributed by atoms with Crippen LogP contribution in [0.2, 0.25) is 0 Å². The zero-order chi connectivity index (χ0) is 15.0. The van der Waals surface area contributed by atoms with Crippen molar-refractivity contribution in [2.45, 2.75) is 45.1 Å². The number of oxazole rings is 1. The molecule has 1 unspecified atom stereocenters. The van der Waals surface area contributed by atoms with Crippen molar-refractivity contribution in [1.82, 2.24) is 9.88 Å². The minimum atomic E-state index is -0.297. The first-order valence-electron chi connectivity index (χ1n) is 7.88. The Balaban J connectivity index is 2.06. The fourth-order valence-electron chi connectivity index (χ4n) is 4.08. The van der Waals surface area contributed by atoms with Gasteiger partial charge in [-0.05, 0) is 49.4 Å². The van der Waals surface area contributed by atoms with Gasteiger partial charge in [0.15, 0.2) is 5.58 Å². The first-order chi connectivity index (χ1) is 10.1. The van der Waals surface area contributed by atoms with E-state index in [-0.39, 0.29) is 5.76 Å². The van der Waals surface area contributed by atoms with Gasteiger partial charge in [-0.25, -0.2) is 4.79 Å². The molecule has 0 bridgehead atoms. The van der Waals surface area contributed by atoms with Crippen molar-refractivity contribution in [2.24, 2.45) is 12.5 Å². The molecule has 1 fully saturated rings. The summed E-state index contributed by atoms with van der Waals surface area (Å²) >= 11 is 0. The van der Waals surface area contributed by atoms with Gasteiger partial charge in [0.25, 0.3) is 0 Å². The Kier molecular flexibility index (Phi) is 3.66. The average molecular weight is 288 g/mol. The highest BCUT2D eigenvalue weighted by atomic mass is 16.4. The predicted octanol–water partition coefficient (Wildman–Crippen LogP) is 3.36. The number of hydrogen-bond donors (Lipinski definition) is 1. The Hall–Kier alpha value is -1.55. The van der Waals surface area contributed by atoms with E-state index in [0.29, 0.717) is 17.0 Å². The summed E-state index contributed by atoms with van der Waals surface area (Å²) in [5.41, 5.74) is 3.10. The fourth-order valence-corrected chi connectivity index (χ4v) is 4.08. The predicted molar refractivity (Wildman–Crippen MR) is 84.4 cm³/mol. The summed E-state index contributed by atoms with van der Waals surface area (Å²) in [4.78, 5) is 11.6. The van der Waals surface area contributed by atoms with Gasteiger partial charge < -0.3 is 9.73 Å². The number of aromatic nitrogens is 1. The molecular weight excluding hydrogens is 264 g/mol. The molecule has 0 aliphatic heterocycles. The molecule has 1 N–H and O–H groups in total. The van der Waals surface area contributed by atoms with E-state index >= 15 is 0 Å². The number of fused-ring (bicyclic) bond motifs is 1. The molecule has 1 aliphatic rings. The molecule has 1 heterocycles. The van der Waals surface area contributed by atoms with Crippen LogP contribution in [0.4, 0.5) is 0 Å². The lowest BCUT2D eigenvalue weighted by Gasteiger charge is -2.37. The Morgan fingerprint density at radius 2 is 2.10 bits per heavy atom. The van der Waals surface area contributed by atoms with Crippen molar-refractivity contribution in [2.75, 3.05) is 7.05 Å². The van der Waals surface area contributed by atoms with Gasteiger partial charge in [0, 0.05) is 13.1 Å². The maximum atomic E-state index is 11.6. The summed E-state index contributed by atoms with van der Waals surface area (Å²) < 4.78 is 6.90. The van der Waals surface area contributed by atoms with E-state index in [1.165, 1.54) is 37.7 Å². The normalized spacial score (nSPS) is 19.2. The number of rotatable bonds is 4. The maximum absolute atomic E-state index is 11.6. The topological polar surface area (TPSA) is 47.2 Å². The Morgan fingerprint density at radius 1 is 1.38 bits per heavy atom. The summed E-state index contributed by atoms with van der Waals surface area (Å²) in [5.74, 6) is -0.297. The van der Waals surface area contributed by atoms with Gasteiger partial charge in [0.05, 0.1) is 5.52 Å². The van der Waals surface area contributed by atoms with E-state index < -0.39 is 0 Å². The van der Waals surface area contributed by atoms with Crippen molar-refractivity contribution >= 4 is 11.1 Å². The molecule has 3 rings (SSSR count). The first kappa shape index (κ1) is 14.4. The largest absolute Gasteiger partial charge is 0.419 e. The molecule has 1 aliphatic carbocycles. The number of nitrogens with zero attached hydrogens (tertiary/aromatic N) is 1. The van der Waals surface area contributed by atoms with Crippen LogP contribution >= 0.6 is 0 Å². The molecule has 4 nitrogen and oxygen atoms in total. The molecule has 0 amide bonds. The van der Waals surface area contributed by atoms with E-state index in [2.05, 4.69) is 18.3 Å².